The zero-order chi connectivity index (χ0) is 27.2. The minimum atomic E-state index is -4.11. The van der Waals surface area contributed by atoms with Crippen molar-refractivity contribution >= 4 is 32.6 Å². The van der Waals surface area contributed by atoms with Gasteiger partial charge in [-0.3, -0.25) is 18.9 Å². The van der Waals surface area contributed by atoms with Crippen LogP contribution in [0.5, 0.6) is 0 Å². The molecule has 0 amide bonds. The zero-order valence-corrected chi connectivity index (χ0v) is 21.9. The zero-order valence-electron chi connectivity index (χ0n) is 21.1. The molecule has 1 aliphatic heterocycles. The van der Waals surface area contributed by atoms with Crippen LogP contribution in [-0.4, -0.2) is 54.7 Å². The van der Waals surface area contributed by atoms with Crippen molar-refractivity contribution in [2.24, 2.45) is 5.41 Å². The SMILES string of the molecule is CCN(C)S(=O)(=O)Nc1ccc(F)c(C(=O)c2ccc3ncn(C4CC5(CCNCC5)C4)c(=O)c3c2)c1F. The van der Waals surface area contributed by atoms with Crippen LogP contribution in [0.1, 0.15) is 54.6 Å². The molecule has 3 aromatic rings. The molecule has 2 fully saturated rings. The van der Waals surface area contributed by atoms with Gasteiger partial charge in [0.15, 0.2) is 11.6 Å². The molecule has 1 aliphatic carbocycles. The number of hydrogen-bond donors (Lipinski definition) is 2. The lowest BCUT2D eigenvalue weighted by Crippen LogP contribution is -2.47. The van der Waals surface area contributed by atoms with Crippen LogP contribution in [0.15, 0.2) is 41.5 Å². The van der Waals surface area contributed by atoms with E-state index in [2.05, 4.69) is 10.3 Å². The van der Waals surface area contributed by atoms with Gasteiger partial charge in [0.25, 0.3) is 5.56 Å². The number of fused-ring (bicyclic) bond motifs is 1. The van der Waals surface area contributed by atoms with E-state index in [-0.39, 0.29) is 34.5 Å². The summed E-state index contributed by atoms with van der Waals surface area (Å²) in [6, 6.07) is 5.85. The number of nitrogens with one attached hydrogen (secondary N) is 2. The summed E-state index contributed by atoms with van der Waals surface area (Å²) in [5, 5.41) is 3.53. The smallest absolute Gasteiger partial charge is 0.301 e. The van der Waals surface area contributed by atoms with E-state index in [1.54, 1.807) is 11.5 Å². The molecule has 12 heteroatoms. The minimum absolute atomic E-state index is 0.0118. The molecular formula is C26H29F2N5O4S. The third kappa shape index (κ3) is 4.61. The van der Waals surface area contributed by atoms with Crippen LogP contribution in [0, 0.1) is 17.0 Å². The fraction of sp³-hybridized carbons (Fsp3) is 0.423. The van der Waals surface area contributed by atoms with Crippen molar-refractivity contribution in [3.8, 4) is 0 Å². The molecule has 5 rings (SSSR count). The topological polar surface area (TPSA) is 113 Å². The highest BCUT2D eigenvalue weighted by Crippen LogP contribution is 2.53. The van der Waals surface area contributed by atoms with E-state index in [9.17, 15) is 22.4 Å². The summed E-state index contributed by atoms with van der Waals surface area (Å²) in [5.41, 5.74) is -1.29. The first-order valence-electron chi connectivity index (χ1n) is 12.5. The van der Waals surface area contributed by atoms with Crippen LogP contribution < -0.4 is 15.6 Å². The molecule has 2 N–H and O–H groups in total. The Hall–Kier alpha value is -3.22. The highest BCUT2D eigenvalue weighted by molar-refractivity contribution is 7.90. The summed E-state index contributed by atoms with van der Waals surface area (Å²) >= 11 is 0. The minimum Gasteiger partial charge on any atom is -0.317 e. The molecule has 0 atom stereocenters. The molecule has 1 saturated heterocycles. The number of carbonyl (C=O) groups excluding carboxylic acids is 1. The Morgan fingerprint density at radius 2 is 1.92 bits per heavy atom. The molecule has 9 nitrogen and oxygen atoms in total. The molecule has 1 saturated carbocycles. The van der Waals surface area contributed by atoms with E-state index in [0.717, 1.165) is 55.2 Å². The van der Waals surface area contributed by atoms with Crippen LogP contribution in [-0.2, 0) is 10.2 Å². The number of nitrogens with zero attached hydrogens (tertiary/aromatic N) is 3. The van der Waals surface area contributed by atoms with E-state index in [4.69, 9.17) is 0 Å². The average molecular weight is 546 g/mol. The van der Waals surface area contributed by atoms with Gasteiger partial charge >= 0.3 is 10.2 Å². The van der Waals surface area contributed by atoms with Crippen LogP contribution in [0.2, 0.25) is 0 Å². The van der Waals surface area contributed by atoms with Crippen molar-refractivity contribution in [2.75, 3.05) is 31.4 Å². The molecule has 0 unspecified atom stereocenters. The van der Waals surface area contributed by atoms with E-state index in [1.165, 1.54) is 31.6 Å². The second-order valence-corrected chi connectivity index (χ2v) is 11.9. The molecule has 2 aliphatic rings. The van der Waals surface area contributed by atoms with Gasteiger partial charge in [0.05, 0.1) is 28.5 Å². The summed E-state index contributed by atoms with van der Waals surface area (Å²) in [6.45, 7) is 3.64. The predicted octanol–water partition coefficient (Wildman–Crippen LogP) is 3.22. The van der Waals surface area contributed by atoms with Gasteiger partial charge in [-0.25, -0.2) is 13.8 Å². The lowest BCUT2D eigenvalue weighted by molar-refractivity contribution is 0.0270. The number of aromatic nitrogens is 2. The maximum absolute atomic E-state index is 15.3. The number of rotatable bonds is 7. The Balaban J connectivity index is 1.47. The first-order valence-corrected chi connectivity index (χ1v) is 14.0. The molecule has 2 aromatic carbocycles. The monoisotopic (exact) mass is 545 g/mol. The molecule has 202 valence electrons. The summed E-state index contributed by atoms with van der Waals surface area (Å²) in [6.07, 6.45) is 5.42. The number of benzene rings is 2. The second kappa shape index (κ2) is 9.83. The highest BCUT2D eigenvalue weighted by atomic mass is 32.2. The Labute approximate surface area is 219 Å². The summed E-state index contributed by atoms with van der Waals surface area (Å²) in [7, 11) is -2.81. The van der Waals surface area contributed by atoms with Gasteiger partial charge in [-0.2, -0.15) is 12.7 Å². The first-order chi connectivity index (χ1) is 18.0. The van der Waals surface area contributed by atoms with E-state index >= 15 is 4.39 Å². The number of hydrogen-bond acceptors (Lipinski definition) is 6. The van der Waals surface area contributed by atoms with Gasteiger partial charge in [0.2, 0.25) is 0 Å². The van der Waals surface area contributed by atoms with Crippen LogP contribution >= 0.6 is 0 Å². The van der Waals surface area contributed by atoms with Gasteiger partial charge in [0.1, 0.15) is 5.82 Å². The lowest BCUT2D eigenvalue weighted by Gasteiger charge is -2.50. The Kier molecular flexibility index (Phi) is 6.82. The van der Waals surface area contributed by atoms with Gasteiger partial charge in [-0.05, 0) is 74.5 Å². The standard InChI is InChI=1S/C26H29F2N5O4S/c1-3-32(2)38(36,37)31-21-7-5-19(27)22(23(21)28)24(34)16-4-6-20-18(12-16)25(35)33(15-30-20)17-13-26(14-17)8-10-29-11-9-26/h4-7,12,15,17,29,31H,3,8-11,13-14H2,1-2H3. The normalized spacial score (nSPS) is 17.6. The quantitative estimate of drug-likeness (QED) is 0.441. The van der Waals surface area contributed by atoms with E-state index in [1.807, 2.05) is 4.72 Å². The maximum atomic E-state index is 15.3. The average Bonchev–Trinajstić information content (AvgIpc) is 2.89. The molecule has 1 spiro atoms. The third-order valence-corrected chi connectivity index (χ3v) is 9.41. The number of anilines is 1. The molecule has 2 heterocycles. The number of carbonyl (C=O) groups is 1. The highest BCUT2D eigenvalue weighted by Gasteiger charge is 2.45. The largest absolute Gasteiger partial charge is 0.317 e. The van der Waals surface area contributed by atoms with Crippen molar-refractivity contribution in [3.63, 3.8) is 0 Å². The third-order valence-electron chi connectivity index (χ3n) is 7.85. The van der Waals surface area contributed by atoms with Crippen molar-refractivity contribution < 1.29 is 22.0 Å². The fourth-order valence-electron chi connectivity index (χ4n) is 5.41. The Morgan fingerprint density at radius 3 is 2.61 bits per heavy atom. The summed E-state index contributed by atoms with van der Waals surface area (Å²) < 4.78 is 59.2. The van der Waals surface area contributed by atoms with Crippen molar-refractivity contribution in [1.29, 1.82) is 0 Å². The van der Waals surface area contributed by atoms with Crippen LogP contribution in [0.3, 0.4) is 0 Å². The summed E-state index contributed by atoms with van der Waals surface area (Å²) in [5.74, 6) is -3.50. The molecular weight excluding hydrogens is 516 g/mol. The lowest BCUT2D eigenvalue weighted by atomic mass is 9.60. The molecule has 0 bridgehead atoms. The Morgan fingerprint density at radius 1 is 1.21 bits per heavy atom. The number of piperidine rings is 1. The molecule has 0 radical (unpaired) electrons. The second-order valence-electron chi connectivity index (χ2n) is 10.1. The van der Waals surface area contributed by atoms with Crippen LogP contribution in [0.25, 0.3) is 10.9 Å². The Bertz CT molecular complexity index is 1580. The molecule has 38 heavy (non-hydrogen) atoms. The van der Waals surface area contributed by atoms with Gasteiger partial charge < -0.3 is 5.32 Å². The van der Waals surface area contributed by atoms with Gasteiger partial charge in [-0.15, -0.1) is 0 Å². The molecule has 1 aromatic heterocycles. The first kappa shape index (κ1) is 26.4. The fourth-order valence-corrected chi connectivity index (χ4v) is 6.34. The summed E-state index contributed by atoms with van der Waals surface area (Å²) in [4.78, 5) is 31.0. The van der Waals surface area contributed by atoms with E-state index < -0.39 is 38.9 Å². The van der Waals surface area contributed by atoms with Crippen molar-refractivity contribution in [3.05, 3.63) is 69.8 Å². The number of ketones is 1. The number of halogens is 2. The van der Waals surface area contributed by atoms with Crippen LogP contribution in [0.4, 0.5) is 14.5 Å². The van der Waals surface area contributed by atoms with E-state index in [0.29, 0.717) is 5.52 Å². The van der Waals surface area contributed by atoms with Gasteiger partial charge in [0, 0.05) is 25.2 Å². The van der Waals surface area contributed by atoms with Crippen molar-refractivity contribution in [2.45, 2.75) is 38.6 Å². The maximum Gasteiger partial charge on any atom is 0.301 e. The van der Waals surface area contributed by atoms with Crippen molar-refractivity contribution in [1.82, 2.24) is 19.2 Å². The van der Waals surface area contributed by atoms with Gasteiger partial charge in [-0.1, -0.05) is 6.92 Å². The predicted molar refractivity (Wildman–Crippen MR) is 139 cm³/mol.